The molecule has 0 radical (unpaired) electrons. The minimum absolute atomic E-state index is 0.180. The van der Waals surface area contributed by atoms with Crippen LogP contribution in [-0.2, 0) is 6.42 Å². The second-order valence-electron chi connectivity index (χ2n) is 5.43. The molecule has 4 heteroatoms. The van der Waals surface area contributed by atoms with Gasteiger partial charge in [-0.05, 0) is 57.0 Å². The molecule has 1 N–H and O–H groups in total. The van der Waals surface area contributed by atoms with Crippen molar-refractivity contribution in [1.82, 2.24) is 10.3 Å². The summed E-state index contributed by atoms with van der Waals surface area (Å²) in [5, 5.41) is 4.30. The van der Waals surface area contributed by atoms with Gasteiger partial charge in [-0.3, -0.25) is 0 Å². The molecule has 1 aromatic carbocycles. The first-order valence-corrected chi connectivity index (χ1v) is 7.91. The predicted octanol–water partition coefficient (Wildman–Crippen LogP) is 3.90. The van der Waals surface area contributed by atoms with E-state index in [0.29, 0.717) is 5.92 Å². The molecule has 0 bridgehead atoms. The number of halogens is 1. The number of benzene rings is 1. The number of hydrogen-bond donors (Lipinski definition) is 1. The van der Waals surface area contributed by atoms with Crippen LogP contribution >= 0.6 is 11.3 Å². The lowest BCUT2D eigenvalue weighted by atomic mass is 9.91. The average Bonchev–Trinajstić information content (AvgIpc) is 2.83. The molecule has 1 aliphatic rings. The zero-order valence-electron chi connectivity index (χ0n) is 11.9. The van der Waals surface area contributed by atoms with Crippen molar-refractivity contribution in [2.45, 2.75) is 32.1 Å². The molecular formula is C16H19FN2S. The highest BCUT2D eigenvalue weighted by Gasteiger charge is 2.24. The summed E-state index contributed by atoms with van der Waals surface area (Å²) in [6, 6.07) is 4.95. The Bertz CT molecular complexity index is 621. The number of nitrogens with one attached hydrogen (secondary N) is 1. The molecule has 1 atom stereocenters. The smallest absolute Gasteiger partial charge is 0.124 e. The Hall–Kier alpha value is -1.26. The molecule has 0 saturated carbocycles. The predicted molar refractivity (Wildman–Crippen MR) is 81.9 cm³/mol. The van der Waals surface area contributed by atoms with E-state index < -0.39 is 0 Å². The largest absolute Gasteiger partial charge is 0.319 e. The molecule has 1 aromatic heterocycles. The second-order valence-corrected chi connectivity index (χ2v) is 6.52. The normalized spacial score (nSPS) is 18.1. The summed E-state index contributed by atoms with van der Waals surface area (Å²) in [5.41, 5.74) is 3.28. The Morgan fingerprint density at radius 1 is 1.45 bits per heavy atom. The molecule has 2 aromatic rings. The van der Waals surface area contributed by atoms with E-state index in [-0.39, 0.29) is 5.82 Å². The first kappa shape index (κ1) is 13.7. The summed E-state index contributed by atoms with van der Waals surface area (Å²) in [5.74, 6) is 0.343. The Labute approximate surface area is 123 Å². The van der Waals surface area contributed by atoms with Crippen molar-refractivity contribution in [3.05, 3.63) is 40.2 Å². The van der Waals surface area contributed by atoms with E-state index in [1.54, 1.807) is 17.4 Å². The van der Waals surface area contributed by atoms with Crippen molar-refractivity contribution in [3.63, 3.8) is 0 Å². The molecule has 1 heterocycles. The number of likely N-dealkylation sites (N-methyl/N-ethyl adjacent to an activating group) is 1. The van der Waals surface area contributed by atoms with Crippen LogP contribution in [0.3, 0.4) is 0 Å². The fourth-order valence-corrected chi connectivity index (χ4v) is 4.21. The van der Waals surface area contributed by atoms with Crippen molar-refractivity contribution in [3.8, 4) is 10.6 Å². The zero-order chi connectivity index (χ0) is 14.1. The monoisotopic (exact) mass is 290 g/mol. The highest BCUT2D eigenvalue weighted by atomic mass is 32.1. The molecule has 0 aliphatic heterocycles. The lowest BCUT2D eigenvalue weighted by Gasteiger charge is -2.20. The molecule has 0 spiro atoms. The molecule has 3 rings (SSSR count). The lowest BCUT2D eigenvalue weighted by Crippen LogP contribution is -2.20. The molecule has 0 saturated heterocycles. The van der Waals surface area contributed by atoms with Crippen LogP contribution < -0.4 is 5.32 Å². The second kappa shape index (κ2) is 5.62. The number of aromatic nitrogens is 1. The van der Waals surface area contributed by atoms with Gasteiger partial charge in [0.2, 0.25) is 0 Å². The van der Waals surface area contributed by atoms with Gasteiger partial charge in [0, 0.05) is 22.9 Å². The van der Waals surface area contributed by atoms with Gasteiger partial charge in [0.1, 0.15) is 10.8 Å². The lowest BCUT2D eigenvalue weighted by molar-refractivity contribution is 0.523. The van der Waals surface area contributed by atoms with E-state index >= 15 is 0 Å². The summed E-state index contributed by atoms with van der Waals surface area (Å²) in [6.07, 6.45) is 3.58. The zero-order valence-corrected chi connectivity index (χ0v) is 12.7. The first-order valence-electron chi connectivity index (χ1n) is 7.09. The van der Waals surface area contributed by atoms with Crippen LogP contribution in [0.1, 0.15) is 34.9 Å². The van der Waals surface area contributed by atoms with Gasteiger partial charge in [0.15, 0.2) is 0 Å². The van der Waals surface area contributed by atoms with E-state index in [1.165, 1.54) is 29.5 Å². The van der Waals surface area contributed by atoms with E-state index in [9.17, 15) is 4.39 Å². The summed E-state index contributed by atoms with van der Waals surface area (Å²) in [4.78, 5) is 6.28. The van der Waals surface area contributed by atoms with Gasteiger partial charge in [-0.15, -0.1) is 11.3 Å². The minimum atomic E-state index is -0.180. The van der Waals surface area contributed by atoms with Gasteiger partial charge >= 0.3 is 0 Å². The number of thiazole rings is 1. The van der Waals surface area contributed by atoms with Gasteiger partial charge in [-0.2, -0.15) is 0 Å². The van der Waals surface area contributed by atoms with Crippen molar-refractivity contribution in [2.24, 2.45) is 0 Å². The van der Waals surface area contributed by atoms with Crippen molar-refractivity contribution >= 4 is 11.3 Å². The van der Waals surface area contributed by atoms with Gasteiger partial charge in [-0.1, -0.05) is 0 Å². The molecule has 0 fully saturated rings. The van der Waals surface area contributed by atoms with Crippen LogP contribution in [-0.4, -0.2) is 18.6 Å². The maximum Gasteiger partial charge on any atom is 0.124 e. The molecule has 1 unspecified atom stereocenters. The Morgan fingerprint density at radius 3 is 3.05 bits per heavy atom. The van der Waals surface area contributed by atoms with Crippen LogP contribution in [0.4, 0.5) is 4.39 Å². The molecule has 106 valence electrons. The highest BCUT2D eigenvalue weighted by Crippen LogP contribution is 2.38. The third kappa shape index (κ3) is 2.50. The van der Waals surface area contributed by atoms with Gasteiger partial charge < -0.3 is 5.32 Å². The van der Waals surface area contributed by atoms with Crippen molar-refractivity contribution in [1.29, 1.82) is 0 Å². The Kier molecular flexibility index (Phi) is 3.85. The highest BCUT2D eigenvalue weighted by molar-refractivity contribution is 7.15. The number of rotatable bonds is 3. The summed E-state index contributed by atoms with van der Waals surface area (Å²) in [6.45, 7) is 2.93. The molecular weight excluding hydrogens is 271 g/mol. The van der Waals surface area contributed by atoms with Crippen LogP contribution in [0, 0.1) is 12.7 Å². The number of hydrogen-bond acceptors (Lipinski definition) is 3. The quantitative estimate of drug-likeness (QED) is 0.927. The molecule has 1 aliphatic carbocycles. The topological polar surface area (TPSA) is 24.9 Å². The summed E-state index contributed by atoms with van der Waals surface area (Å²) >= 11 is 1.78. The average molecular weight is 290 g/mol. The van der Waals surface area contributed by atoms with Crippen molar-refractivity contribution < 1.29 is 4.39 Å². The fourth-order valence-electron chi connectivity index (χ4n) is 2.93. The standard InChI is InChI=1S/C16H19FN2S/c1-10-8-12(17)6-7-13(10)16-19-15-11(9-18-2)4-3-5-14(15)20-16/h6-8,11,18H,3-5,9H2,1-2H3. The number of nitrogens with zero attached hydrogens (tertiary/aromatic N) is 1. The number of aryl methyl sites for hydroxylation is 2. The Balaban J connectivity index is 2.00. The van der Waals surface area contributed by atoms with Crippen LogP contribution in [0.2, 0.25) is 0 Å². The SMILES string of the molecule is CNCC1CCCc2sc(-c3ccc(F)cc3C)nc21. The van der Waals surface area contributed by atoms with E-state index in [4.69, 9.17) is 4.98 Å². The van der Waals surface area contributed by atoms with E-state index in [1.807, 2.05) is 20.0 Å². The third-order valence-electron chi connectivity index (χ3n) is 3.94. The van der Waals surface area contributed by atoms with E-state index in [0.717, 1.165) is 29.1 Å². The number of fused-ring (bicyclic) bond motifs is 1. The first-order chi connectivity index (χ1) is 9.69. The van der Waals surface area contributed by atoms with Crippen LogP contribution in [0.25, 0.3) is 10.6 Å². The molecule has 2 nitrogen and oxygen atoms in total. The van der Waals surface area contributed by atoms with Gasteiger partial charge in [0.25, 0.3) is 0 Å². The van der Waals surface area contributed by atoms with Crippen molar-refractivity contribution in [2.75, 3.05) is 13.6 Å². The van der Waals surface area contributed by atoms with Gasteiger partial charge in [-0.25, -0.2) is 9.37 Å². The van der Waals surface area contributed by atoms with Crippen LogP contribution in [0.15, 0.2) is 18.2 Å². The van der Waals surface area contributed by atoms with Crippen LogP contribution in [0.5, 0.6) is 0 Å². The molecule has 0 amide bonds. The van der Waals surface area contributed by atoms with Gasteiger partial charge in [0.05, 0.1) is 5.69 Å². The fraction of sp³-hybridized carbons (Fsp3) is 0.438. The maximum absolute atomic E-state index is 13.2. The minimum Gasteiger partial charge on any atom is -0.319 e. The summed E-state index contributed by atoms with van der Waals surface area (Å²) < 4.78 is 13.2. The molecule has 20 heavy (non-hydrogen) atoms. The Morgan fingerprint density at radius 2 is 2.30 bits per heavy atom. The van der Waals surface area contributed by atoms with E-state index in [2.05, 4.69) is 5.32 Å². The summed E-state index contributed by atoms with van der Waals surface area (Å²) in [7, 11) is 1.99. The maximum atomic E-state index is 13.2. The third-order valence-corrected chi connectivity index (χ3v) is 5.10.